The zero-order valence-electron chi connectivity index (χ0n) is 21.1. The molecule has 2 heterocycles. The van der Waals surface area contributed by atoms with Gasteiger partial charge in [-0.3, -0.25) is 9.36 Å². The van der Waals surface area contributed by atoms with Crippen molar-refractivity contribution < 1.29 is 13.9 Å². The molecule has 0 atom stereocenters. The number of ether oxygens (including phenoxy) is 1. The Morgan fingerprint density at radius 3 is 2.25 bits per heavy atom. The summed E-state index contributed by atoms with van der Waals surface area (Å²) in [4.78, 5) is 16.0. The van der Waals surface area contributed by atoms with Gasteiger partial charge in [-0.15, -0.1) is 10.2 Å². The number of rotatable bonds is 9. The Balaban J connectivity index is 1.38. The van der Waals surface area contributed by atoms with Gasteiger partial charge in [0.15, 0.2) is 10.9 Å². The normalized spacial score (nSPS) is 17.2. The fourth-order valence-electron chi connectivity index (χ4n) is 5.64. The van der Waals surface area contributed by atoms with E-state index in [0.717, 1.165) is 37.1 Å². The topological polar surface area (TPSA) is 73.4 Å². The van der Waals surface area contributed by atoms with Crippen LogP contribution >= 0.6 is 11.8 Å². The van der Waals surface area contributed by atoms with Crippen molar-refractivity contribution in [2.75, 3.05) is 12.4 Å². The van der Waals surface area contributed by atoms with Crippen molar-refractivity contribution in [3.8, 4) is 23.0 Å². The number of carbonyl (C=O) groups excluding carboxylic acids is 1. The fourth-order valence-corrected chi connectivity index (χ4v) is 6.47. The van der Waals surface area contributed by atoms with E-state index >= 15 is 0 Å². The van der Waals surface area contributed by atoms with E-state index in [2.05, 4.69) is 15.1 Å². The average Bonchev–Trinajstić information content (AvgIpc) is 3.60. The van der Waals surface area contributed by atoms with Crippen LogP contribution in [0.25, 0.3) is 17.3 Å². The van der Waals surface area contributed by atoms with Crippen LogP contribution in [0.5, 0.6) is 5.75 Å². The van der Waals surface area contributed by atoms with Crippen molar-refractivity contribution >= 4 is 17.7 Å². The molecule has 192 valence electrons. The van der Waals surface area contributed by atoms with E-state index in [1.54, 1.807) is 6.26 Å². The monoisotopic (exact) mass is 508 g/mol. The lowest BCUT2D eigenvalue weighted by molar-refractivity contribution is -0.135. The van der Waals surface area contributed by atoms with Crippen LogP contribution in [0.3, 0.4) is 0 Å². The Morgan fingerprint density at radius 2 is 1.67 bits per heavy atom. The highest BCUT2D eigenvalue weighted by atomic mass is 32.2. The van der Waals surface area contributed by atoms with E-state index in [9.17, 15) is 4.79 Å². The van der Waals surface area contributed by atoms with Crippen molar-refractivity contribution in [2.24, 2.45) is 0 Å². The predicted octanol–water partition coefficient (Wildman–Crippen LogP) is 6.51. The van der Waals surface area contributed by atoms with Gasteiger partial charge in [-0.25, -0.2) is 0 Å². The van der Waals surface area contributed by atoms with E-state index in [-0.39, 0.29) is 5.91 Å². The summed E-state index contributed by atoms with van der Waals surface area (Å²) in [6, 6.07) is 12.4. The predicted molar refractivity (Wildman–Crippen MR) is 142 cm³/mol. The molecule has 0 bridgehead atoms. The summed E-state index contributed by atoms with van der Waals surface area (Å²) in [5.41, 5.74) is 0.904. The second-order valence-corrected chi connectivity index (χ2v) is 10.7. The molecule has 7 nitrogen and oxygen atoms in total. The Kier molecular flexibility index (Phi) is 8.31. The van der Waals surface area contributed by atoms with Crippen LogP contribution in [-0.4, -0.2) is 50.0 Å². The van der Waals surface area contributed by atoms with Crippen LogP contribution in [0, 0.1) is 0 Å². The third-order valence-electron chi connectivity index (χ3n) is 7.33. The Hall–Kier alpha value is -2.74. The quantitative estimate of drug-likeness (QED) is 0.307. The molecular formula is C28H36N4O3S. The van der Waals surface area contributed by atoms with Gasteiger partial charge in [0.05, 0.1) is 24.3 Å². The van der Waals surface area contributed by atoms with Crippen LogP contribution < -0.4 is 4.74 Å². The van der Waals surface area contributed by atoms with Crippen LogP contribution in [0.4, 0.5) is 0 Å². The molecule has 2 aliphatic carbocycles. The number of aromatic nitrogens is 3. The maximum atomic E-state index is 13.7. The Bertz CT molecular complexity index is 1080. The van der Waals surface area contributed by atoms with Gasteiger partial charge >= 0.3 is 0 Å². The highest BCUT2D eigenvalue weighted by Gasteiger charge is 2.32. The molecule has 2 aliphatic rings. The molecule has 0 unspecified atom stereocenters. The fraction of sp³-hybridized carbons (Fsp3) is 0.536. The average molecular weight is 509 g/mol. The van der Waals surface area contributed by atoms with Crippen molar-refractivity contribution in [2.45, 2.75) is 88.4 Å². The first-order valence-electron chi connectivity index (χ1n) is 13.4. The summed E-state index contributed by atoms with van der Waals surface area (Å²) >= 11 is 1.46. The van der Waals surface area contributed by atoms with Crippen LogP contribution in [0.15, 0.2) is 52.2 Å². The van der Waals surface area contributed by atoms with Crippen molar-refractivity contribution in [1.29, 1.82) is 0 Å². The Morgan fingerprint density at radius 1 is 1.00 bits per heavy atom. The maximum absolute atomic E-state index is 13.7. The number of benzene rings is 1. The molecule has 2 aromatic heterocycles. The van der Waals surface area contributed by atoms with Gasteiger partial charge in [-0.2, -0.15) is 0 Å². The molecule has 2 saturated carbocycles. The summed E-state index contributed by atoms with van der Waals surface area (Å²) in [6.07, 6.45) is 13.7. The lowest BCUT2D eigenvalue weighted by Crippen LogP contribution is -2.49. The van der Waals surface area contributed by atoms with Gasteiger partial charge in [0.2, 0.25) is 11.7 Å². The molecule has 5 rings (SSSR count). The largest absolute Gasteiger partial charge is 0.494 e. The minimum Gasteiger partial charge on any atom is -0.494 e. The standard InChI is InChI=1S/C28H36N4O3S/c1-2-34-24-17-15-23(16-18-24)32-27(25-14-9-19-35-25)29-30-28(32)36-20-26(33)31(21-10-5-3-6-11-21)22-12-7-4-8-13-22/h9,14-19,21-22H,2-8,10-13,20H2,1H3. The summed E-state index contributed by atoms with van der Waals surface area (Å²) in [5, 5.41) is 9.60. The summed E-state index contributed by atoms with van der Waals surface area (Å²) in [5.74, 6) is 2.67. The summed E-state index contributed by atoms with van der Waals surface area (Å²) in [7, 11) is 0. The van der Waals surface area contributed by atoms with Gasteiger partial charge in [0.25, 0.3) is 0 Å². The molecule has 36 heavy (non-hydrogen) atoms. The molecule has 0 aliphatic heterocycles. The third-order valence-corrected chi connectivity index (χ3v) is 8.24. The van der Waals surface area contributed by atoms with E-state index in [0.29, 0.717) is 41.2 Å². The molecule has 0 spiro atoms. The van der Waals surface area contributed by atoms with Crippen molar-refractivity contribution in [3.63, 3.8) is 0 Å². The number of carbonyl (C=O) groups is 1. The zero-order chi connectivity index (χ0) is 24.7. The molecule has 1 amide bonds. The van der Waals surface area contributed by atoms with Crippen LogP contribution in [0.1, 0.15) is 71.1 Å². The minimum atomic E-state index is 0.236. The molecule has 0 radical (unpaired) electrons. The molecule has 8 heteroatoms. The van der Waals surface area contributed by atoms with E-state index in [1.165, 1.54) is 50.3 Å². The van der Waals surface area contributed by atoms with E-state index < -0.39 is 0 Å². The van der Waals surface area contributed by atoms with Gasteiger partial charge in [0.1, 0.15) is 5.75 Å². The highest BCUT2D eigenvalue weighted by molar-refractivity contribution is 7.99. The minimum absolute atomic E-state index is 0.236. The first-order chi connectivity index (χ1) is 17.7. The van der Waals surface area contributed by atoms with Gasteiger partial charge < -0.3 is 14.1 Å². The van der Waals surface area contributed by atoms with Gasteiger partial charge in [-0.1, -0.05) is 50.3 Å². The Labute approximate surface area is 217 Å². The first-order valence-corrected chi connectivity index (χ1v) is 14.4. The maximum Gasteiger partial charge on any atom is 0.233 e. The molecule has 0 saturated heterocycles. The second-order valence-electron chi connectivity index (χ2n) is 9.72. The molecule has 3 aromatic rings. The SMILES string of the molecule is CCOc1ccc(-n2c(SCC(=O)N(C3CCCCC3)C3CCCCC3)nnc2-c2ccco2)cc1. The molecular weight excluding hydrogens is 472 g/mol. The number of thioether (sulfide) groups is 1. The third kappa shape index (κ3) is 5.64. The van der Waals surface area contributed by atoms with Crippen molar-refractivity contribution in [3.05, 3.63) is 42.7 Å². The smallest absolute Gasteiger partial charge is 0.233 e. The molecule has 1 aromatic carbocycles. The number of hydrogen-bond acceptors (Lipinski definition) is 6. The van der Waals surface area contributed by atoms with Gasteiger partial charge in [-0.05, 0) is 69.0 Å². The lowest BCUT2D eigenvalue weighted by Gasteiger charge is -2.41. The summed E-state index contributed by atoms with van der Waals surface area (Å²) in [6.45, 7) is 2.59. The highest BCUT2D eigenvalue weighted by Crippen LogP contribution is 2.33. The molecule has 0 N–H and O–H groups in total. The first kappa shape index (κ1) is 24.9. The van der Waals surface area contributed by atoms with Gasteiger partial charge in [0, 0.05) is 12.1 Å². The molecule has 2 fully saturated rings. The van der Waals surface area contributed by atoms with Crippen molar-refractivity contribution in [1.82, 2.24) is 19.7 Å². The van der Waals surface area contributed by atoms with Crippen LogP contribution in [0.2, 0.25) is 0 Å². The number of amides is 1. The lowest BCUT2D eigenvalue weighted by atomic mass is 9.88. The second kappa shape index (κ2) is 12.0. The van der Waals surface area contributed by atoms with E-state index in [4.69, 9.17) is 9.15 Å². The van der Waals surface area contributed by atoms with Crippen LogP contribution in [-0.2, 0) is 4.79 Å². The number of nitrogens with zero attached hydrogens (tertiary/aromatic N) is 4. The number of furan rings is 1. The zero-order valence-corrected chi connectivity index (χ0v) is 21.9. The number of hydrogen-bond donors (Lipinski definition) is 0. The summed E-state index contributed by atoms with van der Waals surface area (Å²) < 4.78 is 13.2. The van der Waals surface area contributed by atoms with E-state index in [1.807, 2.05) is 47.9 Å².